The van der Waals surface area contributed by atoms with Crippen molar-refractivity contribution in [2.75, 3.05) is 36.8 Å². The average Bonchev–Trinajstić information content (AvgIpc) is 2.87. The number of nitrogens with two attached hydrogens (primary N) is 1. The molecule has 1 aliphatic rings. The number of nitrogens with zero attached hydrogens (tertiary/aromatic N) is 3. The Hall–Kier alpha value is -1.66. The van der Waals surface area contributed by atoms with Crippen LogP contribution in [0.5, 0.6) is 0 Å². The van der Waals surface area contributed by atoms with Crippen LogP contribution in [0.15, 0.2) is 24.3 Å². The van der Waals surface area contributed by atoms with E-state index in [0.29, 0.717) is 5.13 Å². The summed E-state index contributed by atoms with van der Waals surface area (Å²) in [5, 5.41) is 12.6. The van der Waals surface area contributed by atoms with Crippen molar-refractivity contribution >= 4 is 22.2 Å². The van der Waals surface area contributed by atoms with Crippen molar-refractivity contribution in [1.29, 1.82) is 0 Å². The highest BCUT2D eigenvalue weighted by Crippen LogP contribution is 2.26. The number of rotatable bonds is 2. The first-order valence-corrected chi connectivity index (χ1v) is 6.80. The van der Waals surface area contributed by atoms with E-state index < -0.39 is 0 Å². The van der Waals surface area contributed by atoms with Crippen molar-refractivity contribution < 1.29 is 0 Å². The highest BCUT2D eigenvalue weighted by Gasteiger charge is 2.11. The van der Waals surface area contributed by atoms with E-state index in [0.717, 1.165) is 36.8 Å². The summed E-state index contributed by atoms with van der Waals surface area (Å²) in [4.78, 5) is 2.38. The maximum Gasteiger partial charge on any atom is 0.203 e. The molecule has 3 N–H and O–H groups in total. The summed E-state index contributed by atoms with van der Waals surface area (Å²) in [7, 11) is 0. The fraction of sp³-hybridized carbons (Fsp3) is 0.333. The molecule has 0 amide bonds. The molecule has 0 spiro atoms. The molecular weight excluding hydrogens is 246 g/mol. The summed E-state index contributed by atoms with van der Waals surface area (Å²) in [6.45, 7) is 4.22. The lowest BCUT2D eigenvalue weighted by molar-refractivity contribution is 0.589. The van der Waals surface area contributed by atoms with E-state index in [-0.39, 0.29) is 0 Å². The van der Waals surface area contributed by atoms with Crippen molar-refractivity contribution in [2.45, 2.75) is 0 Å². The van der Waals surface area contributed by atoms with Gasteiger partial charge in [0.05, 0.1) is 0 Å². The lowest BCUT2D eigenvalue weighted by atomic mass is 10.2. The smallest absolute Gasteiger partial charge is 0.203 e. The van der Waals surface area contributed by atoms with Gasteiger partial charge in [0.1, 0.15) is 5.01 Å². The minimum Gasteiger partial charge on any atom is -0.374 e. The Labute approximate surface area is 110 Å². The van der Waals surface area contributed by atoms with E-state index >= 15 is 0 Å². The third-order valence-corrected chi connectivity index (χ3v) is 3.84. The van der Waals surface area contributed by atoms with Crippen molar-refractivity contribution in [3.63, 3.8) is 0 Å². The minimum atomic E-state index is 0.510. The molecule has 0 bridgehead atoms. The quantitative estimate of drug-likeness (QED) is 0.850. The van der Waals surface area contributed by atoms with Crippen molar-refractivity contribution in [3.8, 4) is 10.6 Å². The van der Waals surface area contributed by atoms with Crippen LogP contribution in [0.2, 0.25) is 0 Å². The maximum atomic E-state index is 5.59. The van der Waals surface area contributed by atoms with Gasteiger partial charge in [0, 0.05) is 37.4 Å². The molecule has 0 saturated carbocycles. The highest BCUT2D eigenvalue weighted by molar-refractivity contribution is 7.18. The van der Waals surface area contributed by atoms with Crippen LogP contribution in [0.3, 0.4) is 0 Å². The standard InChI is InChI=1S/C12H15N5S/c13-12-16-15-11(18-12)9-1-3-10(4-2-9)17-7-5-14-6-8-17/h1-4,14H,5-8H2,(H2,13,16). The molecule has 18 heavy (non-hydrogen) atoms. The topological polar surface area (TPSA) is 67.1 Å². The van der Waals surface area contributed by atoms with Gasteiger partial charge in [0.15, 0.2) is 0 Å². The zero-order chi connectivity index (χ0) is 12.4. The lowest BCUT2D eigenvalue weighted by Gasteiger charge is -2.29. The van der Waals surface area contributed by atoms with Crippen LogP contribution in [0.4, 0.5) is 10.8 Å². The molecular formula is C12H15N5S. The van der Waals surface area contributed by atoms with Crippen molar-refractivity contribution in [2.24, 2.45) is 0 Å². The molecule has 1 aromatic heterocycles. The largest absolute Gasteiger partial charge is 0.374 e. The summed E-state index contributed by atoms with van der Waals surface area (Å²) < 4.78 is 0. The third-order valence-electron chi connectivity index (χ3n) is 3.04. The predicted molar refractivity (Wildman–Crippen MR) is 74.8 cm³/mol. The van der Waals surface area contributed by atoms with Gasteiger partial charge in [-0.25, -0.2) is 0 Å². The first-order chi connectivity index (χ1) is 8.83. The molecule has 6 heteroatoms. The molecule has 0 atom stereocenters. The Balaban J connectivity index is 1.80. The molecule has 94 valence electrons. The van der Waals surface area contributed by atoms with Crippen LogP contribution in [0.1, 0.15) is 0 Å². The molecule has 3 rings (SSSR count). The molecule has 1 aromatic carbocycles. The normalized spacial score (nSPS) is 15.9. The zero-order valence-corrected chi connectivity index (χ0v) is 10.8. The second-order valence-corrected chi connectivity index (χ2v) is 5.24. The molecule has 0 aliphatic carbocycles. The van der Waals surface area contributed by atoms with Gasteiger partial charge in [-0.3, -0.25) is 0 Å². The van der Waals surface area contributed by atoms with Crippen LogP contribution in [-0.2, 0) is 0 Å². The SMILES string of the molecule is Nc1nnc(-c2ccc(N3CCNCC3)cc2)s1. The number of benzene rings is 1. The Morgan fingerprint density at radius 1 is 1.11 bits per heavy atom. The molecule has 5 nitrogen and oxygen atoms in total. The van der Waals surface area contributed by atoms with Crippen LogP contribution in [-0.4, -0.2) is 36.4 Å². The summed E-state index contributed by atoms with van der Waals surface area (Å²) in [5.41, 5.74) is 7.93. The lowest BCUT2D eigenvalue weighted by Crippen LogP contribution is -2.43. The summed E-state index contributed by atoms with van der Waals surface area (Å²) >= 11 is 1.41. The molecule has 2 aromatic rings. The summed E-state index contributed by atoms with van der Waals surface area (Å²) in [6.07, 6.45) is 0. The first kappa shape index (κ1) is 11.4. The summed E-state index contributed by atoms with van der Waals surface area (Å²) in [6, 6.07) is 8.44. The summed E-state index contributed by atoms with van der Waals surface area (Å²) in [5.74, 6) is 0. The zero-order valence-electron chi connectivity index (χ0n) is 9.97. The number of anilines is 2. The number of piperazine rings is 1. The van der Waals surface area contributed by atoms with Crippen LogP contribution >= 0.6 is 11.3 Å². The maximum absolute atomic E-state index is 5.59. The van der Waals surface area contributed by atoms with Gasteiger partial charge in [-0.2, -0.15) is 0 Å². The number of hydrogen-bond donors (Lipinski definition) is 2. The molecule has 1 aliphatic heterocycles. The second kappa shape index (κ2) is 4.91. The molecule has 0 radical (unpaired) electrons. The fourth-order valence-corrected chi connectivity index (χ4v) is 2.70. The van der Waals surface area contributed by atoms with E-state index in [9.17, 15) is 0 Å². The Kier molecular flexibility index (Phi) is 3.12. The first-order valence-electron chi connectivity index (χ1n) is 5.98. The van der Waals surface area contributed by atoms with Gasteiger partial charge < -0.3 is 16.0 Å². The highest BCUT2D eigenvalue weighted by atomic mass is 32.1. The van der Waals surface area contributed by atoms with Gasteiger partial charge >= 0.3 is 0 Å². The Morgan fingerprint density at radius 2 is 1.83 bits per heavy atom. The Morgan fingerprint density at radius 3 is 2.44 bits per heavy atom. The van der Waals surface area contributed by atoms with Crippen LogP contribution < -0.4 is 16.0 Å². The fourth-order valence-electron chi connectivity index (χ4n) is 2.09. The van der Waals surface area contributed by atoms with E-state index in [1.54, 1.807) is 0 Å². The number of nitrogens with one attached hydrogen (secondary N) is 1. The molecule has 1 fully saturated rings. The number of aromatic nitrogens is 2. The van der Waals surface area contributed by atoms with Crippen molar-refractivity contribution in [3.05, 3.63) is 24.3 Å². The van der Waals surface area contributed by atoms with Crippen LogP contribution in [0, 0.1) is 0 Å². The van der Waals surface area contributed by atoms with E-state index in [2.05, 4.69) is 44.7 Å². The van der Waals surface area contributed by atoms with E-state index in [1.165, 1.54) is 17.0 Å². The van der Waals surface area contributed by atoms with Crippen LogP contribution in [0.25, 0.3) is 10.6 Å². The second-order valence-electron chi connectivity index (χ2n) is 4.23. The van der Waals surface area contributed by atoms with Gasteiger partial charge in [-0.1, -0.05) is 11.3 Å². The van der Waals surface area contributed by atoms with Gasteiger partial charge in [-0.15, -0.1) is 10.2 Å². The monoisotopic (exact) mass is 261 g/mol. The Bertz CT molecular complexity index is 516. The van der Waals surface area contributed by atoms with E-state index in [1.807, 2.05) is 0 Å². The number of hydrogen-bond acceptors (Lipinski definition) is 6. The van der Waals surface area contributed by atoms with Gasteiger partial charge in [0.25, 0.3) is 0 Å². The molecule has 0 unspecified atom stereocenters. The third kappa shape index (κ3) is 2.30. The molecule has 1 saturated heterocycles. The van der Waals surface area contributed by atoms with Crippen molar-refractivity contribution in [1.82, 2.24) is 15.5 Å². The minimum absolute atomic E-state index is 0.510. The average molecular weight is 261 g/mol. The van der Waals surface area contributed by atoms with E-state index in [4.69, 9.17) is 5.73 Å². The number of nitrogen functional groups attached to an aromatic ring is 1. The molecule has 2 heterocycles. The van der Waals surface area contributed by atoms with Gasteiger partial charge in [-0.05, 0) is 24.3 Å². The van der Waals surface area contributed by atoms with Gasteiger partial charge in [0.2, 0.25) is 5.13 Å². The predicted octanol–water partition coefficient (Wildman–Crippen LogP) is 1.20.